The van der Waals surface area contributed by atoms with Gasteiger partial charge in [0.15, 0.2) is 0 Å². The molecule has 1 aliphatic heterocycles. The van der Waals surface area contributed by atoms with Crippen molar-refractivity contribution in [3.63, 3.8) is 0 Å². The van der Waals surface area contributed by atoms with Gasteiger partial charge in [0.2, 0.25) is 0 Å². The number of fused-ring (bicyclic) bond motifs is 1. The minimum Gasteiger partial charge on any atom is -0.509 e. The number of aromatic amines is 1. The number of aromatic nitrogens is 2. The lowest BCUT2D eigenvalue weighted by molar-refractivity contribution is 0.270. The molecule has 6 heteroatoms. The van der Waals surface area contributed by atoms with Gasteiger partial charge in [-0.05, 0) is 35.4 Å². The lowest BCUT2D eigenvalue weighted by atomic mass is 10.0. The summed E-state index contributed by atoms with van der Waals surface area (Å²) in [5, 5.41) is 20.1. The molecule has 0 radical (unpaired) electrons. The Bertz CT molecular complexity index is 1230. The van der Waals surface area contributed by atoms with Crippen LogP contribution in [0.1, 0.15) is 23.0 Å². The van der Waals surface area contributed by atoms with E-state index >= 15 is 0 Å². The zero-order valence-corrected chi connectivity index (χ0v) is 16.0. The number of aliphatic hydroxyl groups is 1. The van der Waals surface area contributed by atoms with E-state index in [1.807, 2.05) is 54.6 Å². The molecule has 148 valence electrons. The van der Waals surface area contributed by atoms with Gasteiger partial charge in [-0.2, -0.15) is 0 Å². The highest BCUT2D eigenvalue weighted by Gasteiger charge is 2.39. The number of nitrogens with one attached hydrogen (secondary N) is 2. The summed E-state index contributed by atoms with van der Waals surface area (Å²) in [5.74, 6) is 0.400. The molecule has 2 heterocycles. The number of halogens is 1. The van der Waals surface area contributed by atoms with Crippen molar-refractivity contribution < 1.29 is 9.50 Å². The largest absolute Gasteiger partial charge is 0.509 e. The fraction of sp³-hybridized carbons (Fsp3) is 0.0833. The molecule has 3 N–H and O–H groups in total. The van der Waals surface area contributed by atoms with Gasteiger partial charge in [0.25, 0.3) is 0 Å². The number of amidine groups is 1. The van der Waals surface area contributed by atoms with Crippen LogP contribution in [0.3, 0.4) is 0 Å². The zero-order chi connectivity index (χ0) is 20.7. The molecule has 0 spiro atoms. The van der Waals surface area contributed by atoms with E-state index < -0.39 is 6.04 Å². The van der Waals surface area contributed by atoms with Gasteiger partial charge in [-0.15, -0.1) is 0 Å². The van der Waals surface area contributed by atoms with E-state index in [0.717, 1.165) is 22.2 Å². The van der Waals surface area contributed by atoms with E-state index in [9.17, 15) is 9.50 Å². The molecule has 5 rings (SSSR count). The number of imidazole rings is 1. The molecular weight excluding hydrogens is 379 g/mol. The van der Waals surface area contributed by atoms with Gasteiger partial charge in [0, 0.05) is 6.54 Å². The lowest BCUT2D eigenvalue weighted by Crippen LogP contribution is -2.29. The first kappa shape index (κ1) is 18.1. The number of rotatable bonds is 4. The molecule has 5 nitrogen and oxygen atoms in total. The molecule has 0 saturated carbocycles. The van der Waals surface area contributed by atoms with Gasteiger partial charge in [-0.3, -0.25) is 5.41 Å². The number of hydrogen-bond acceptors (Lipinski definition) is 3. The van der Waals surface area contributed by atoms with E-state index in [0.29, 0.717) is 17.9 Å². The average molecular weight is 398 g/mol. The SMILES string of the molecule is N=C1C(c2nc3ccccc3[nH]2)=C(O)C(c2ccccc2)N1Cc1ccc(F)cc1. The van der Waals surface area contributed by atoms with Crippen molar-refractivity contribution in [3.8, 4) is 0 Å². The summed E-state index contributed by atoms with van der Waals surface area (Å²) in [6, 6.07) is 22.8. The molecule has 1 aliphatic rings. The van der Waals surface area contributed by atoms with Crippen LogP contribution < -0.4 is 0 Å². The first-order valence-corrected chi connectivity index (χ1v) is 9.65. The first-order chi connectivity index (χ1) is 14.6. The Hall–Kier alpha value is -3.93. The third-order valence-electron chi connectivity index (χ3n) is 5.36. The molecular formula is C24H19FN4O. The van der Waals surface area contributed by atoms with Gasteiger partial charge < -0.3 is 15.0 Å². The fourth-order valence-corrected chi connectivity index (χ4v) is 3.91. The molecule has 1 aromatic heterocycles. The van der Waals surface area contributed by atoms with E-state index in [2.05, 4.69) is 9.97 Å². The van der Waals surface area contributed by atoms with Gasteiger partial charge in [-0.1, -0.05) is 54.6 Å². The predicted octanol–water partition coefficient (Wildman–Crippen LogP) is 5.21. The molecule has 0 aliphatic carbocycles. The maximum Gasteiger partial charge on any atom is 0.145 e. The summed E-state index contributed by atoms with van der Waals surface area (Å²) in [7, 11) is 0. The van der Waals surface area contributed by atoms with Gasteiger partial charge in [0.1, 0.15) is 29.3 Å². The van der Waals surface area contributed by atoms with Crippen LogP contribution in [0.25, 0.3) is 16.6 Å². The first-order valence-electron chi connectivity index (χ1n) is 9.65. The summed E-state index contributed by atoms with van der Waals surface area (Å²) in [6.45, 7) is 0.354. The van der Waals surface area contributed by atoms with Crippen LogP contribution >= 0.6 is 0 Å². The molecule has 0 saturated heterocycles. The maximum absolute atomic E-state index is 13.3. The normalized spacial score (nSPS) is 16.6. The number of para-hydroxylation sites is 2. The van der Waals surface area contributed by atoms with Crippen molar-refractivity contribution in [2.75, 3.05) is 0 Å². The standard InChI is InChI=1S/C24H19FN4O/c25-17-12-10-15(11-13-17)14-29-21(16-6-2-1-3-7-16)22(30)20(23(29)26)24-27-18-8-4-5-9-19(18)28-24/h1-13,21,26,30H,14H2,(H,27,28). The highest BCUT2D eigenvalue weighted by molar-refractivity contribution is 6.23. The molecule has 1 atom stereocenters. The van der Waals surface area contributed by atoms with Gasteiger partial charge >= 0.3 is 0 Å². The van der Waals surface area contributed by atoms with Crippen LogP contribution in [-0.4, -0.2) is 25.8 Å². The molecule has 1 unspecified atom stereocenters. The quantitative estimate of drug-likeness (QED) is 0.442. The van der Waals surface area contributed by atoms with Gasteiger partial charge in [0.05, 0.1) is 16.6 Å². The second-order valence-corrected chi connectivity index (χ2v) is 7.28. The van der Waals surface area contributed by atoms with E-state index in [1.54, 1.807) is 17.0 Å². The van der Waals surface area contributed by atoms with Crippen LogP contribution in [0.4, 0.5) is 4.39 Å². The highest BCUT2D eigenvalue weighted by atomic mass is 19.1. The minimum atomic E-state index is -0.521. The highest BCUT2D eigenvalue weighted by Crippen LogP contribution is 2.41. The second-order valence-electron chi connectivity index (χ2n) is 7.28. The van der Waals surface area contributed by atoms with Crippen molar-refractivity contribution in [3.05, 3.63) is 107 Å². The molecule has 0 amide bonds. The van der Waals surface area contributed by atoms with Crippen molar-refractivity contribution in [1.82, 2.24) is 14.9 Å². The zero-order valence-electron chi connectivity index (χ0n) is 16.0. The Kier molecular flexibility index (Phi) is 4.32. The van der Waals surface area contributed by atoms with Crippen LogP contribution in [0.5, 0.6) is 0 Å². The van der Waals surface area contributed by atoms with E-state index in [4.69, 9.17) is 5.41 Å². The Morgan fingerprint density at radius 2 is 1.67 bits per heavy atom. The van der Waals surface area contributed by atoms with Crippen molar-refractivity contribution in [2.45, 2.75) is 12.6 Å². The average Bonchev–Trinajstić information content (AvgIpc) is 3.28. The third-order valence-corrected chi connectivity index (χ3v) is 5.36. The van der Waals surface area contributed by atoms with Crippen LogP contribution in [-0.2, 0) is 6.54 Å². The minimum absolute atomic E-state index is 0.0763. The Morgan fingerprint density at radius 3 is 2.40 bits per heavy atom. The summed E-state index contributed by atoms with van der Waals surface area (Å²) < 4.78 is 13.3. The third kappa shape index (κ3) is 3.03. The van der Waals surface area contributed by atoms with Gasteiger partial charge in [-0.25, -0.2) is 9.37 Å². The van der Waals surface area contributed by atoms with E-state index in [-0.39, 0.29) is 17.4 Å². The van der Waals surface area contributed by atoms with E-state index in [1.165, 1.54) is 12.1 Å². The van der Waals surface area contributed by atoms with Crippen molar-refractivity contribution in [1.29, 1.82) is 5.41 Å². The van der Waals surface area contributed by atoms with Crippen LogP contribution in [0.2, 0.25) is 0 Å². The van der Waals surface area contributed by atoms with Crippen LogP contribution in [0, 0.1) is 11.2 Å². The number of benzene rings is 3. The lowest BCUT2D eigenvalue weighted by Gasteiger charge is -2.27. The molecule has 3 aromatic carbocycles. The summed E-state index contributed by atoms with van der Waals surface area (Å²) in [4.78, 5) is 9.61. The number of nitrogens with zero attached hydrogens (tertiary/aromatic N) is 2. The van der Waals surface area contributed by atoms with Crippen molar-refractivity contribution >= 4 is 22.4 Å². The fourth-order valence-electron chi connectivity index (χ4n) is 3.91. The van der Waals surface area contributed by atoms with Crippen LogP contribution in [0.15, 0.2) is 84.6 Å². The molecule has 4 aromatic rings. The summed E-state index contributed by atoms with van der Waals surface area (Å²) >= 11 is 0. The summed E-state index contributed by atoms with van der Waals surface area (Å²) in [5.41, 5.74) is 3.71. The Morgan fingerprint density at radius 1 is 0.967 bits per heavy atom. The smallest absolute Gasteiger partial charge is 0.145 e. The molecule has 0 bridgehead atoms. The summed E-state index contributed by atoms with van der Waals surface area (Å²) in [6.07, 6.45) is 0. The Balaban J connectivity index is 1.60. The maximum atomic E-state index is 13.3. The Labute approximate surface area is 172 Å². The number of H-pyrrole nitrogens is 1. The predicted molar refractivity (Wildman–Crippen MR) is 114 cm³/mol. The number of hydrogen-bond donors (Lipinski definition) is 3. The van der Waals surface area contributed by atoms with Crippen molar-refractivity contribution in [2.24, 2.45) is 0 Å². The second kappa shape index (κ2) is 7.15. The topological polar surface area (TPSA) is 76.0 Å². The monoisotopic (exact) mass is 398 g/mol. The molecule has 30 heavy (non-hydrogen) atoms. The molecule has 0 fully saturated rings. The number of aliphatic hydroxyl groups excluding tert-OH is 1.